The van der Waals surface area contributed by atoms with Crippen molar-refractivity contribution in [2.45, 2.75) is 19.3 Å². The molecule has 20 heavy (non-hydrogen) atoms. The average Bonchev–Trinajstić information content (AvgIpc) is 2.87. The maximum absolute atomic E-state index is 4.78. The van der Waals surface area contributed by atoms with Gasteiger partial charge in [0.2, 0.25) is 0 Å². The Kier molecular flexibility index (Phi) is 3.36. The second-order valence-electron chi connectivity index (χ2n) is 6.05. The zero-order chi connectivity index (χ0) is 13.4. The Labute approximate surface area is 124 Å². The fourth-order valence-electron chi connectivity index (χ4n) is 3.16. The number of hydrogen-bond donors (Lipinski definition) is 0. The molecule has 1 saturated heterocycles. The number of rotatable bonds is 3. The summed E-state index contributed by atoms with van der Waals surface area (Å²) in [7, 11) is 0. The quantitative estimate of drug-likeness (QED) is 0.864. The first kappa shape index (κ1) is 12.6. The van der Waals surface area contributed by atoms with Gasteiger partial charge in [0.25, 0.3) is 0 Å². The minimum Gasteiger partial charge on any atom is -0.345 e. The second-order valence-corrected chi connectivity index (χ2v) is 7.06. The third-order valence-electron chi connectivity index (χ3n) is 4.67. The molecule has 1 aromatic heterocycles. The van der Waals surface area contributed by atoms with E-state index in [1.807, 2.05) is 11.3 Å². The normalized spacial score (nSPS) is 21.3. The van der Waals surface area contributed by atoms with Gasteiger partial charge in [-0.1, -0.05) is 29.9 Å². The molecule has 0 atom stereocenters. The van der Waals surface area contributed by atoms with Crippen LogP contribution in [0.1, 0.15) is 19.3 Å². The van der Waals surface area contributed by atoms with Crippen LogP contribution in [0.25, 0.3) is 10.2 Å². The standard InChI is InChI=1S/C16H21N3S/c1-2-7-15-14(6-1)17-16(20-15)19-10-8-18(9-11-19)12-13-4-3-5-13/h1-2,6-7,13H,3-5,8-12H2. The molecule has 0 amide bonds. The van der Waals surface area contributed by atoms with E-state index in [4.69, 9.17) is 4.98 Å². The molecule has 106 valence electrons. The molecule has 4 heteroatoms. The molecule has 3 nitrogen and oxygen atoms in total. The van der Waals surface area contributed by atoms with Crippen molar-refractivity contribution in [3.8, 4) is 0 Å². The van der Waals surface area contributed by atoms with Gasteiger partial charge in [0.15, 0.2) is 5.13 Å². The maximum Gasteiger partial charge on any atom is 0.186 e. The molecule has 1 saturated carbocycles. The molecule has 2 fully saturated rings. The second kappa shape index (κ2) is 5.34. The lowest BCUT2D eigenvalue weighted by Crippen LogP contribution is -2.48. The summed E-state index contributed by atoms with van der Waals surface area (Å²) in [5.41, 5.74) is 1.14. The van der Waals surface area contributed by atoms with E-state index in [-0.39, 0.29) is 0 Å². The highest BCUT2D eigenvalue weighted by molar-refractivity contribution is 7.22. The smallest absolute Gasteiger partial charge is 0.186 e. The van der Waals surface area contributed by atoms with Crippen molar-refractivity contribution in [1.82, 2.24) is 9.88 Å². The van der Waals surface area contributed by atoms with Crippen molar-refractivity contribution in [3.63, 3.8) is 0 Å². The third kappa shape index (κ3) is 2.42. The van der Waals surface area contributed by atoms with Crippen LogP contribution in [0.3, 0.4) is 0 Å². The first-order chi connectivity index (χ1) is 9.88. The first-order valence-corrected chi connectivity index (χ1v) is 8.53. The molecule has 2 aliphatic rings. The topological polar surface area (TPSA) is 19.4 Å². The molecule has 0 spiro atoms. The van der Waals surface area contributed by atoms with Crippen molar-refractivity contribution in [3.05, 3.63) is 24.3 Å². The van der Waals surface area contributed by atoms with Gasteiger partial charge in [-0.2, -0.15) is 0 Å². The molecule has 2 aromatic rings. The monoisotopic (exact) mass is 287 g/mol. The Hall–Kier alpha value is -1.13. The largest absolute Gasteiger partial charge is 0.345 e. The summed E-state index contributed by atoms with van der Waals surface area (Å²) < 4.78 is 1.30. The van der Waals surface area contributed by atoms with E-state index in [1.54, 1.807) is 0 Å². The molecule has 1 aromatic carbocycles. The van der Waals surface area contributed by atoms with Crippen LogP contribution >= 0.6 is 11.3 Å². The molecule has 0 N–H and O–H groups in total. The van der Waals surface area contributed by atoms with Crippen molar-refractivity contribution in [2.24, 2.45) is 5.92 Å². The SMILES string of the molecule is c1ccc2sc(N3CCN(CC4CCC4)CC3)nc2c1. The Morgan fingerprint density at radius 2 is 1.90 bits per heavy atom. The van der Waals surface area contributed by atoms with Gasteiger partial charge >= 0.3 is 0 Å². The zero-order valence-corrected chi connectivity index (χ0v) is 12.6. The lowest BCUT2D eigenvalue weighted by molar-refractivity contribution is 0.170. The number of hydrogen-bond acceptors (Lipinski definition) is 4. The van der Waals surface area contributed by atoms with E-state index in [9.17, 15) is 0 Å². The van der Waals surface area contributed by atoms with Crippen molar-refractivity contribution in [2.75, 3.05) is 37.6 Å². The zero-order valence-electron chi connectivity index (χ0n) is 11.8. The molecule has 0 bridgehead atoms. The number of thiazole rings is 1. The van der Waals surface area contributed by atoms with Crippen LogP contribution < -0.4 is 4.90 Å². The lowest BCUT2D eigenvalue weighted by Gasteiger charge is -2.38. The fourth-order valence-corrected chi connectivity index (χ4v) is 4.17. The number of para-hydroxylation sites is 1. The molecule has 2 heterocycles. The fraction of sp³-hybridized carbons (Fsp3) is 0.562. The molecule has 1 aliphatic carbocycles. The predicted molar refractivity (Wildman–Crippen MR) is 85.6 cm³/mol. The summed E-state index contributed by atoms with van der Waals surface area (Å²) in [4.78, 5) is 9.88. The highest BCUT2D eigenvalue weighted by atomic mass is 32.1. The summed E-state index contributed by atoms with van der Waals surface area (Å²) in [6, 6.07) is 8.45. The molecular weight excluding hydrogens is 266 g/mol. The van der Waals surface area contributed by atoms with Crippen molar-refractivity contribution in [1.29, 1.82) is 0 Å². The van der Waals surface area contributed by atoms with Crippen molar-refractivity contribution >= 4 is 26.7 Å². The van der Waals surface area contributed by atoms with Gasteiger partial charge in [-0.3, -0.25) is 4.90 Å². The minimum absolute atomic E-state index is 0.990. The van der Waals surface area contributed by atoms with E-state index in [0.717, 1.165) is 24.5 Å². The van der Waals surface area contributed by atoms with Crippen LogP contribution in [0.2, 0.25) is 0 Å². The third-order valence-corrected chi connectivity index (χ3v) is 5.76. The number of anilines is 1. The number of benzene rings is 1. The Morgan fingerprint density at radius 3 is 2.60 bits per heavy atom. The van der Waals surface area contributed by atoms with E-state index in [1.165, 1.54) is 48.7 Å². The maximum atomic E-state index is 4.78. The number of fused-ring (bicyclic) bond motifs is 1. The highest BCUT2D eigenvalue weighted by Crippen LogP contribution is 2.30. The summed E-state index contributed by atoms with van der Waals surface area (Å²) in [6.07, 6.45) is 4.37. The van der Waals surface area contributed by atoms with Crippen LogP contribution in [0.5, 0.6) is 0 Å². The van der Waals surface area contributed by atoms with Crippen LogP contribution in [-0.2, 0) is 0 Å². The number of aromatic nitrogens is 1. The van der Waals surface area contributed by atoms with Gasteiger partial charge in [-0.25, -0.2) is 4.98 Å². The predicted octanol–water partition coefficient (Wildman–Crippen LogP) is 3.22. The van der Waals surface area contributed by atoms with Gasteiger partial charge < -0.3 is 4.90 Å². The Bertz CT molecular complexity index is 549. The molecule has 1 aliphatic heterocycles. The summed E-state index contributed by atoms with van der Waals surface area (Å²) in [5.74, 6) is 0.990. The first-order valence-electron chi connectivity index (χ1n) is 7.71. The molecular formula is C16H21N3S. The van der Waals surface area contributed by atoms with Crippen LogP contribution in [0.4, 0.5) is 5.13 Å². The van der Waals surface area contributed by atoms with Crippen molar-refractivity contribution < 1.29 is 0 Å². The lowest BCUT2D eigenvalue weighted by atomic mass is 9.85. The van der Waals surface area contributed by atoms with Gasteiger partial charge in [-0.05, 0) is 30.9 Å². The van der Waals surface area contributed by atoms with Crippen LogP contribution in [0, 0.1) is 5.92 Å². The summed E-state index contributed by atoms with van der Waals surface area (Å²) in [5, 5.41) is 1.20. The van der Waals surface area contributed by atoms with Crippen LogP contribution in [0.15, 0.2) is 24.3 Å². The van der Waals surface area contributed by atoms with E-state index >= 15 is 0 Å². The molecule has 0 unspecified atom stereocenters. The molecule has 4 rings (SSSR count). The van der Waals surface area contributed by atoms with E-state index in [2.05, 4.69) is 34.1 Å². The summed E-state index contributed by atoms with van der Waals surface area (Å²) in [6.45, 7) is 5.99. The van der Waals surface area contributed by atoms with Gasteiger partial charge in [-0.15, -0.1) is 0 Å². The summed E-state index contributed by atoms with van der Waals surface area (Å²) >= 11 is 1.83. The van der Waals surface area contributed by atoms with Gasteiger partial charge in [0.1, 0.15) is 0 Å². The van der Waals surface area contributed by atoms with Gasteiger partial charge in [0, 0.05) is 32.7 Å². The number of piperazine rings is 1. The minimum atomic E-state index is 0.990. The van der Waals surface area contributed by atoms with Crippen LogP contribution in [-0.4, -0.2) is 42.6 Å². The average molecular weight is 287 g/mol. The van der Waals surface area contributed by atoms with Gasteiger partial charge in [0.05, 0.1) is 10.2 Å². The molecule has 0 radical (unpaired) electrons. The van der Waals surface area contributed by atoms with E-state index in [0.29, 0.717) is 0 Å². The Morgan fingerprint density at radius 1 is 1.10 bits per heavy atom. The highest BCUT2D eigenvalue weighted by Gasteiger charge is 2.24. The number of nitrogens with zero attached hydrogens (tertiary/aromatic N) is 3. The van der Waals surface area contributed by atoms with E-state index < -0.39 is 0 Å². The Balaban J connectivity index is 1.40.